The summed E-state index contributed by atoms with van der Waals surface area (Å²) >= 11 is 1.91. The summed E-state index contributed by atoms with van der Waals surface area (Å²) in [7, 11) is 0. The fraction of sp³-hybridized carbons (Fsp3) is 0.0196. The van der Waals surface area contributed by atoms with E-state index in [0.29, 0.717) is 0 Å². The summed E-state index contributed by atoms with van der Waals surface area (Å²) in [6.07, 6.45) is 0. The molecule has 2 nitrogen and oxygen atoms in total. The summed E-state index contributed by atoms with van der Waals surface area (Å²) in [6, 6.07) is 70.3. The maximum Gasteiger partial charge on any atom is 0.160 e. The summed E-state index contributed by atoms with van der Waals surface area (Å²) in [4.78, 5) is 12.7. The van der Waals surface area contributed by atoms with Crippen LogP contribution in [0.3, 0.4) is 0 Å². The number of fused-ring (bicyclic) bond motifs is 10. The van der Waals surface area contributed by atoms with Crippen LogP contribution in [-0.2, 0) is 5.41 Å². The lowest BCUT2D eigenvalue weighted by Gasteiger charge is -2.40. The van der Waals surface area contributed by atoms with E-state index in [4.69, 9.17) is 9.97 Å². The van der Waals surface area contributed by atoms with Crippen LogP contribution in [0.15, 0.2) is 204 Å². The molecule has 0 radical (unpaired) electrons. The van der Waals surface area contributed by atoms with Gasteiger partial charge in [-0.05, 0) is 73.5 Å². The van der Waals surface area contributed by atoms with Gasteiger partial charge < -0.3 is 0 Å². The highest BCUT2D eigenvalue weighted by Crippen LogP contribution is 2.63. The maximum atomic E-state index is 5.10. The third kappa shape index (κ3) is 4.68. The van der Waals surface area contributed by atoms with Crippen LogP contribution in [0, 0.1) is 0 Å². The van der Waals surface area contributed by atoms with Crippen molar-refractivity contribution in [3.05, 3.63) is 216 Å². The zero-order chi connectivity index (χ0) is 35.6. The topological polar surface area (TPSA) is 25.8 Å². The van der Waals surface area contributed by atoms with Crippen molar-refractivity contribution < 1.29 is 0 Å². The molecule has 1 aliphatic carbocycles. The molecule has 0 unspecified atom stereocenters. The molecule has 252 valence electrons. The molecular weight excluding hydrogens is 673 g/mol. The fourth-order valence-electron chi connectivity index (χ4n) is 8.73. The Hall–Kier alpha value is -6.55. The fourth-order valence-corrected chi connectivity index (χ4v) is 10.1. The smallest absolute Gasteiger partial charge is 0.160 e. The Kier molecular flexibility index (Phi) is 7.05. The molecule has 54 heavy (non-hydrogen) atoms. The quantitative estimate of drug-likeness (QED) is 0.182. The molecule has 0 N–H and O–H groups in total. The molecule has 1 aliphatic heterocycles. The normalized spacial score (nSPS) is 13.3. The number of hydrogen-bond donors (Lipinski definition) is 0. The van der Waals surface area contributed by atoms with Crippen LogP contribution in [0.4, 0.5) is 0 Å². The SMILES string of the molecule is c1ccc(-c2cc(-c3ccc(-c4cccc5c4Sc4cc6ccccc6cc4C54c5ccccc5-c5ccccc54)cc3)nc(-c3ccccc3)n2)cc1. The number of benzene rings is 8. The molecule has 2 heterocycles. The number of aromatic nitrogens is 2. The molecule has 8 aromatic carbocycles. The molecule has 1 spiro atoms. The van der Waals surface area contributed by atoms with Gasteiger partial charge in [-0.1, -0.05) is 188 Å². The minimum Gasteiger partial charge on any atom is -0.228 e. The summed E-state index contributed by atoms with van der Waals surface area (Å²) in [5.41, 5.74) is 14.9. The van der Waals surface area contributed by atoms with Gasteiger partial charge in [-0.25, -0.2) is 9.97 Å². The molecule has 0 fully saturated rings. The summed E-state index contributed by atoms with van der Waals surface area (Å²) in [5, 5.41) is 2.53. The molecule has 1 aromatic heterocycles. The van der Waals surface area contributed by atoms with Crippen molar-refractivity contribution >= 4 is 22.5 Å². The highest BCUT2D eigenvalue weighted by atomic mass is 32.2. The first kappa shape index (κ1) is 31.0. The first-order valence-corrected chi connectivity index (χ1v) is 19.2. The Morgan fingerprint density at radius 1 is 0.352 bits per heavy atom. The third-order valence-corrected chi connectivity index (χ3v) is 12.4. The van der Waals surface area contributed by atoms with Gasteiger partial charge in [0.25, 0.3) is 0 Å². The van der Waals surface area contributed by atoms with Gasteiger partial charge in [-0.2, -0.15) is 0 Å². The lowest BCUT2D eigenvalue weighted by molar-refractivity contribution is 0.725. The molecular formula is C51H32N2S. The van der Waals surface area contributed by atoms with Gasteiger partial charge in [0.05, 0.1) is 16.8 Å². The predicted octanol–water partition coefficient (Wildman–Crippen LogP) is 13.1. The lowest BCUT2D eigenvalue weighted by atomic mass is 9.66. The average molecular weight is 705 g/mol. The molecule has 0 bridgehead atoms. The first-order chi connectivity index (χ1) is 26.8. The van der Waals surface area contributed by atoms with Gasteiger partial charge >= 0.3 is 0 Å². The van der Waals surface area contributed by atoms with Crippen molar-refractivity contribution in [2.75, 3.05) is 0 Å². The van der Waals surface area contributed by atoms with Gasteiger partial charge in [-0.3, -0.25) is 0 Å². The monoisotopic (exact) mass is 704 g/mol. The van der Waals surface area contributed by atoms with Crippen molar-refractivity contribution in [2.45, 2.75) is 15.2 Å². The van der Waals surface area contributed by atoms with E-state index in [1.54, 1.807) is 0 Å². The molecule has 0 amide bonds. The van der Waals surface area contributed by atoms with Crippen LogP contribution in [0.1, 0.15) is 22.3 Å². The van der Waals surface area contributed by atoms with Crippen LogP contribution in [0.25, 0.3) is 66.9 Å². The Bertz CT molecular complexity index is 2790. The minimum absolute atomic E-state index is 0.439. The van der Waals surface area contributed by atoms with E-state index >= 15 is 0 Å². The third-order valence-electron chi connectivity index (χ3n) is 11.2. The summed E-state index contributed by atoms with van der Waals surface area (Å²) < 4.78 is 0. The van der Waals surface area contributed by atoms with Gasteiger partial charge in [0.1, 0.15) is 0 Å². The molecule has 0 atom stereocenters. The van der Waals surface area contributed by atoms with Crippen LogP contribution in [0.5, 0.6) is 0 Å². The lowest BCUT2D eigenvalue weighted by Crippen LogP contribution is -2.32. The second-order valence-electron chi connectivity index (χ2n) is 14.1. The van der Waals surface area contributed by atoms with Gasteiger partial charge in [-0.15, -0.1) is 0 Å². The highest BCUT2D eigenvalue weighted by molar-refractivity contribution is 7.99. The Morgan fingerprint density at radius 3 is 1.52 bits per heavy atom. The van der Waals surface area contributed by atoms with Crippen molar-refractivity contribution in [3.8, 4) is 56.2 Å². The van der Waals surface area contributed by atoms with E-state index in [1.807, 2.05) is 36.0 Å². The van der Waals surface area contributed by atoms with Crippen molar-refractivity contribution in [2.24, 2.45) is 0 Å². The van der Waals surface area contributed by atoms with Crippen LogP contribution in [0.2, 0.25) is 0 Å². The van der Waals surface area contributed by atoms with E-state index in [1.165, 1.54) is 65.1 Å². The second-order valence-corrected chi connectivity index (χ2v) is 15.1. The number of rotatable bonds is 4. The highest BCUT2D eigenvalue weighted by Gasteiger charge is 2.50. The van der Waals surface area contributed by atoms with E-state index in [2.05, 4.69) is 170 Å². The van der Waals surface area contributed by atoms with Crippen LogP contribution >= 0.6 is 11.8 Å². The Labute approximate surface area is 318 Å². The predicted molar refractivity (Wildman–Crippen MR) is 223 cm³/mol. The second kappa shape index (κ2) is 12.3. The Morgan fingerprint density at radius 2 is 0.852 bits per heavy atom. The van der Waals surface area contributed by atoms with Crippen molar-refractivity contribution in [1.29, 1.82) is 0 Å². The zero-order valence-corrected chi connectivity index (χ0v) is 30.1. The molecule has 11 rings (SSSR count). The summed E-state index contributed by atoms with van der Waals surface area (Å²) in [5.74, 6) is 0.721. The first-order valence-electron chi connectivity index (χ1n) is 18.4. The number of nitrogens with zero attached hydrogens (tertiary/aromatic N) is 2. The Balaban J connectivity index is 1.09. The maximum absolute atomic E-state index is 5.10. The zero-order valence-electron chi connectivity index (χ0n) is 29.3. The minimum atomic E-state index is -0.439. The van der Waals surface area contributed by atoms with Gasteiger partial charge in [0.2, 0.25) is 0 Å². The largest absolute Gasteiger partial charge is 0.228 e. The molecule has 3 heteroatoms. The number of hydrogen-bond acceptors (Lipinski definition) is 3. The molecule has 0 saturated carbocycles. The van der Waals surface area contributed by atoms with E-state index in [9.17, 15) is 0 Å². The van der Waals surface area contributed by atoms with Gasteiger partial charge in [0, 0.05) is 26.5 Å². The standard InChI is InChI=1S/C51H32N2S/c1-3-14-34(15-4-1)46-32-47(53-50(52-46)36-16-5-2-6-17-36)35-28-26-33(27-29-35)39-22-13-25-44-49(39)54-48-31-38-19-8-7-18-37(38)30-45(48)51(44)42-23-11-9-20-40(42)41-21-10-12-24-43(41)51/h1-32H. The molecule has 2 aliphatic rings. The van der Waals surface area contributed by atoms with Crippen molar-refractivity contribution in [1.82, 2.24) is 9.97 Å². The molecule has 0 saturated heterocycles. The summed E-state index contributed by atoms with van der Waals surface area (Å²) in [6.45, 7) is 0. The van der Waals surface area contributed by atoms with E-state index in [0.717, 1.165) is 33.9 Å². The molecule has 9 aromatic rings. The van der Waals surface area contributed by atoms with Gasteiger partial charge in [0.15, 0.2) is 5.82 Å². The van der Waals surface area contributed by atoms with E-state index < -0.39 is 5.41 Å². The van der Waals surface area contributed by atoms with Crippen LogP contribution in [-0.4, -0.2) is 9.97 Å². The van der Waals surface area contributed by atoms with E-state index in [-0.39, 0.29) is 0 Å². The average Bonchev–Trinajstić information content (AvgIpc) is 3.54. The van der Waals surface area contributed by atoms with Crippen LogP contribution < -0.4 is 0 Å². The van der Waals surface area contributed by atoms with Crippen molar-refractivity contribution in [3.63, 3.8) is 0 Å².